The van der Waals surface area contributed by atoms with Crippen molar-refractivity contribution >= 4 is 28.5 Å². The van der Waals surface area contributed by atoms with Crippen molar-refractivity contribution in [1.29, 1.82) is 0 Å². The van der Waals surface area contributed by atoms with Crippen LogP contribution in [0.25, 0.3) is 10.9 Å². The number of nitrogens with one attached hydrogen (secondary N) is 3. The Hall–Kier alpha value is -4.10. The van der Waals surface area contributed by atoms with Crippen LogP contribution < -0.4 is 16.4 Å². The molecule has 7 heteroatoms. The molecule has 0 radical (unpaired) electrons. The number of hydrogen-bond donors (Lipinski definition) is 4. The fraction of sp³-hybridized carbons (Fsp3) is 0.312. The fourth-order valence-electron chi connectivity index (χ4n) is 5.57. The highest BCUT2D eigenvalue weighted by atomic mass is 16.2. The number of aromatic nitrogens is 1. The number of fused-ring (bicyclic) bond motifs is 1. The van der Waals surface area contributed by atoms with Crippen molar-refractivity contribution in [3.05, 3.63) is 102 Å². The van der Waals surface area contributed by atoms with Crippen LogP contribution in [0.1, 0.15) is 48.3 Å². The Morgan fingerprint density at radius 2 is 1.67 bits per heavy atom. The van der Waals surface area contributed by atoms with Crippen LogP contribution in [0.15, 0.2) is 85.1 Å². The lowest BCUT2D eigenvalue weighted by Gasteiger charge is -2.34. The largest absolute Gasteiger partial charge is 0.361 e. The number of nitrogens with zero attached hydrogens (tertiary/aromatic N) is 1. The summed E-state index contributed by atoms with van der Waals surface area (Å²) in [6.45, 7) is 3.88. The Kier molecular flexibility index (Phi) is 8.27. The molecule has 2 heterocycles. The number of carbonyl (C=O) groups is 2. The minimum absolute atomic E-state index is 0.202. The quantitative estimate of drug-likeness (QED) is 0.250. The molecule has 1 fully saturated rings. The van der Waals surface area contributed by atoms with Crippen molar-refractivity contribution < 1.29 is 9.59 Å². The molecule has 0 unspecified atom stereocenters. The first-order chi connectivity index (χ1) is 19.0. The molecule has 3 aromatic carbocycles. The van der Waals surface area contributed by atoms with Crippen LogP contribution in [0.2, 0.25) is 0 Å². The maximum atomic E-state index is 13.7. The lowest BCUT2D eigenvalue weighted by Crippen LogP contribution is -2.53. The van der Waals surface area contributed by atoms with Crippen molar-refractivity contribution in [3.8, 4) is 0 Å². The molecule has 39 heavy (non-hydrogen) atoms. The molecular weight excluding hydrogens is 486 g/mol. The van der Waals surface area contributed by atoms with E-state index in [9.17, 15) is 9.59 Å². The van der Waals surface area contributed by atoms with Crippen LogP contribution in [0.3, 0.4) is 0 Å². The molecule has 1 aliphatic rings. The van der Waals surface area contributed by atoms with Gasteiger partial charge in [-0.25, -0.2) is 4.79 Å². The average molecular weight is 524 g/mol. The first kappa shape index (κ1) is 26.5. The van der Waals surface area contributed by atoms with Gasteiger partial charge in [-0.2, -0.15) is 0 Å². The predicted molar refractivity (Wildman–Crippen MR) is 157 cm³/mol. The summed E-state index contributed by atoms with van der Waals surface area (Å²) in [7, 11) is 0. The van der Waals surface area contributed by atoms with Crippen LogP contribution in [0.4, 0.5) is 10.5 Å². The summed E-state index contributed by atoms with van der Waals surface area (Å²) in [6, 6.07) is 25.2. The van der Waals surface area contributed by atoms with Gasteiger partial charge < -0.3 is 26.3 Å². The highest BCUT2D eigenvalue weighted by molar-refractivity contribution is 5.98. The van der Waals surface area contributed by atoms with Gasteiger partial charge in [-0.1, -0.05) is 67.6 Å². The summed E-state index contributed by atoms with van der Waals surface area (Å²) < 4.78 is 0. The highest BCUT2D eigenvalue weighted by Gasteiger charge is 2.32. The van der Waals surface area contributed by atoms with Gasteiger partial charge in [0, 0.05) is 41.8 Å². The van der Waals surface area contributed by atoms with E-state index in [2.05, 4.69) is 39.9 Å². The Morgan fingerprint density at radius 1 is 0.974 bits per heavy atom. The number of urea groups is 1. The van der Waals surface area contributed by atoms with Gasteiger partial charge in [0.25, 0.3) is 0 Å². The molecule has 0 saturated carbocycles. The monoisotopic (exact) mass is 523 g/mol. The van der Waals surface area contributed by atoms with Gasteiger partial charge in [0.2, 0.25) is 5.91 Å². The first-order valence-electron chi connectivity index (χ1n) is 13.8. The van der Waals surface area contributed by atoms with Crippen LogP contribution in [0, 0.1) is 0 Å². The van der Waals surface area contributed by atoms with E-state index in [0.717, 1.165) is 41.3 Å². The Morgan fingerprint density at radius 3 is 2.38 bits per heavy atom. The van der Waals surface area contributed by atoms with Crippen LogP contribution in [-0.4, -0.2) is 47.5 Å². The van der Waals surface area contributed by atoms with Gasteiger partial charge in [0.15, 0.2) is 0 Å². The second-order valence-electron chi connectivity index (χ2n) is 10.4. The molecule has 7 nitrogen and oxygen atoms in total. The van der Waals surface area contributed by atoms with Crippen molar-refractivity contribution in [2.45, 2.75) is 44.1 Å². The molecule has 202 valence electrons. The van der Waals surface area contributed by atoms with E-state index in [-0.39, 0.29) is 17.9 Å². The number of H-pyrrole nitrogens is 1. The van der Waals surface area contributed by atoms with Gasteiger partial charge in [-0.05, 0) is 66.6 Å². The number of anilines is 1. The van der Waals surface area contributed by atoms with E-state index in [1.165, 1.54) is 5.56 Å². The zero-order chi connectivity index (χ0) is 27.2. The number of aromatic amines is 1. The molecule has 3 amide bonds. The fourth-order valence-corrected chi connectivity index (χ4v) is 5.57. The number of para-hydroxylation sites is 1. The first-order valence-corrected chi connectivity index (χ1v) is 13.8. The van der Waals surface area contributed by atoms with E-state index in [0.29, 0.717) is 31.2 Å². The van der Waals surface area contributed by atoms with Gasteiger partial charge in [0.1, 0.15) is 6.04 Å². The van der Waals surface area contributed by atoms with E-state index in [4.69, 9.17) is 5.73 Å². The Balaban J connectivity index is 1.32. The topological polar surface area (TPSA) is 103 Å². The number of piperidine rings is 1. The minimum atomic E-state index is -0.757. The van der Waals surface area contributed by atoms with Gasteiger partial charge in [-0.15, -0.1) is 0 Å². The van der Waals surface area contributed by atoms with E-state index in [1.54, 1.807) is 0 Å². The normalized spacial score (nSPS) is 15.6. The molecule has 0 spiro atoms. The molecule has 0 aliphatic carbocycles. The summed E-state index contributed by atoms with van der Waals surface area (Å²) in [4.78, 5) is 32.3. The molecular formula is C32H37N5O2. The van der Waals surface area contributed by atoms with E-state index >= 15 is 0 Å². The predicted octanol–water partition coefficient (Wildman–Crippen LogP) is 5.37. The molecule has 5 rings (SSSR count). The number of carbonyl (C=O) groups excluding carboxylic acids is 2. The second-order valence-corrected chi connectivity index (χ2v) is 10.4. The molecule has 4 aromatic rings. The third-order valence-corrected chi connectivity index (χ3v) is 7.88. The zero-order valence-electron chi connectivity index (χ0n) is 22.4. The summed E-state index contributed by atoms with van der Waals surface area (Å²) in [5, 5.41) is 7.16. The van der Waals surface area contributed by atoms with Crippen molar-refractivity contribution in [2.24, 2.45) is 5.73 Å². The average Bonchev–Trinajstić information content (AvgIpc) is 3.41. The number of amides is 3. The van der Waals surface area contributed by atoms with Crippen molar-refractivity contribution in [3.63, 3.8) is 0 Å². The molecule has 2 atom stereocenters. The molecule has 1 aliphatic heterocycles. The number of likely N-dealkylation sites (tertiary alicyclic amines) is 1. The lowest BCUT2D eigenvalue weighted by atomic mass is 9.89. The van der Waals surface area contributed by atoms with Crippen LogP contribution in [0.5, 0.6) is 0 Å². The Bertz CT molecular complexity index is 1390. The summed E-state index contributed by atoms with van der Waals surface area (Å²) in [6.07, 6.45) is 4.53. The summed E-state index contributed by atoms with van der Waals surface area (Å²) in [5.74, 6) is -0.0583. The SMILES string of the molecule is C[C@@H](c1c[nH]c2ccccc12)[C@@H](NC(=O)N1CCC(c2ccccc2)CC1)C(=O)Nc1ccc(CCN)cc1. The third kappa shape index (κ3) is 6.15. The number of benzene rings is 3. The van der Waals surface area contributed by atoms with Crippen molar-refractivity contribution in [1.82, 2.24) is 15.2 Å². The van der Waals surface area contributed by atoms with E-state index in [1.807, 2.05) is 72.6 Å². The molecule has 5 N–H and O–H groups in total. The summed E-state index contributed by atoms with van der Waals surface area (Å²) in [5.41, 5.74) is 10.8. The number of nitrogens with two attached hydrogens (primary N) is 1. The zero-order valence-corrected chi connectivity index (χ0v) is 22.4. The second kappa shape index (κ2) is 12.2. The third-order valence-electron chi connectivity index (χ3n) is 7.88. The molecule has 1 saturated heterocycles. The van der Waals surface area contributed by atoms with Gasteiger partial charge in [-0.3, -0.25) is 4.79 Å². The highest BCUT2D eigenvalue weighted by Crippen LogP contribution is 2.30. The smallest absolute Gasteiger partial charge is 0.318 e. The maximum Gasteiger partial charge on any atom is 0.318 e. The number of hydrogen-bond acceptors (Lipinski definition) is 3. The van der Waals surface area contributed by atoms with Crippen LogP contribution >= 0.6 is 0 Å². The van der Waals surface area contributed by atoms with E-state index < -0.39 is 6.04 Å². The summed E-state index contributed by atoms with van der Waals surface area (Å²) >= 11 is 0. The van der Waals surface area contributed by atoms with Gasteiger partial charge in [0.05, 0.1) is 0 Å². The van der Waals surface area contributed by atoms with Crippen LogP contribution in [-0.2, 0) is 11.2 Å². The Labute approximate surface area is 229 Å². The standard InChI is InChI=1S/C32H37N5O2/c1-22(28-21-34-29-10-6-5-9-27(28)29)30(31(38)35-26-13-11-23(12-14-26)15-18-33)36-32(39)37-19-16-25(17-20-37)24-7-3-2-4-8-24/h2-14,21-22,25,30,34H,15-20,33H2,1H3,(H,35,38)(H,36,39)/t22-,30+/m0/s1. The van der Waals surface area contributed by atoms with Crippen molar-refractivity contribution in [2.75, 3.05) is 25.0 Å². The lowest BCUT2D eigenvalue weighted by molar-refractivity contribution is -0.118. The minimum Gasteiger partial charge on any atom is -0.361 e. The number of rotatable bonds is 8. The maximum absolute atomic E-state index is 13.7. The molecule has 1 aromatic heterocycles. The van der Waals surface area contributed by atoms with Gasteiger partial charge >= 0.3 is 6.03 Å². The molecule has 0 bridgehead atoms.